The van der Waals surface area contributed by atoms with Crippen molar-refractivity contribution in [3.8, 4) is 11.8 Å². The lowest BCUT2D eigenvalue weighted by atomic mass is 10.0. The second kappa shape index (κ2) is 8.46. The fraction of sp³-hybridized carbons (Fsp3) is 0.471. The maximum Gasteiger partial charge on any atom is 0.320 e. The van der Waals surface area contributed by atoms with Crippen molar-refractivity contribution in [1.29, 1.82) is 0 Å². The number of hydrogen-bond donors (Lipinski definition) is 3. The van der Waals surface area contributed by atoms with Crippen LogP contribution in [-0.4, -0.2) is 34.4 Å². The molecule has 2 atom stereocenters. The SMILES string of the molecule is CCCC[C@@H](NC[C@](C)(O)C#Cc1ccccc1)C(=O)O. The Morgan fingerprint density at radius 2 is 2.05 bits per heavy atom. The number of rotatable bonds is 7. The van der Waals surface area contributed by atoms with Gasteiger partial charge in [-0.05, 0) is 25.5 Å². The molecule has 1 aromatic rings. The van der Waals surface area contributed by atoms with Crippen LogP contribution in [0.4, 0.5) is 0 Å². The quantitative estimate of drug-likeness (QED) is 0.672. The van der Waals surface area contributed by atoms with Gasteiger partial charge in [0.05, 0.1) is 0 Å². The summed E-state index contributed by atoms with van der Waals surface area (Å²) in [6, 6.07) is 8.73. The third-order valence-electron chi connectivity index (χ3n) is 3.09. The maximum atomic E-state index is 11.1. The van der Waals surface area contributed by atoms with Crippen molar-refractivity contribution in [2.75, 3.05) is 6.54 Å². The highest BCUT2D eigenvalue weighted by Gasteiger charge is 2.22. The Hall–Kier alpha value is -1.83. The Morgan fingerprint density at radius 3 is 2.62 bits per heavy atom. The molecular weight excluding hydrogens is 266 g/mol. The van der Waals surface area contributed by atoms with Gasteiger partial charge in [0.15, 0.2) is 0 Å². The Morgan fingerprint density at radius 1 is 1.38 bits per heavy atom. The number of benzene rings is 1. The lowest BCUT2D eigenvalue weighted by molar-refractivity contribution is -0.139. The number of carboxylic acid groups (broad SMARTS) is 1. The summed E-state index contributed by atoms with van der Waals surface area (Å²) in [6.07, 6.45) is 2.32. The van der Waals surface area contributed by atoms with Crippen LogP contribution in [0.15, 0.2) is 30.3 Å². The highest BCUT2D eigenvalue weighted by atomic mass is 16.4. The van der Waals surface area contributed by atoms with Crippen LogP contribution in [0, 0.1) is 11.8 Å². The van der Waals surface area contributed by atoms with E-state index < -0.39 is 17.6 Å². The summed E-state index contributed by atoms with van der Waals surface area (Å²) in [5.74, 6) is 4.78. The molecule has 1 aromatic carbocycles. The van der Waals surface area contributed by atoms with Gasteiger partial charge in [-0.3, -0.25) is 4.79 Å². The van der Waals surface area contributed by atoms with E-state index in [4.69, 9.17) is 5.11 Å². The van der Waals surface area contributed by atoms with E-state index in [1.807, 2.05) is 37.3 Å². The van der Waals surface area contributed by atoms with Crippen LogP contribution in [0.5, 0.6) is 0 Å². The summed E-state index contributed by atoms with van der Waals surface area (Å²) >= 11 is 0. The predicted octanol–water partition coefficient (Wildman–Crippen LogP) is 2.02. The monoisotopic (exact) mass is 289 g/mol. The zero-order chi connectivity index (χ0) is 15.7. The van der Waals surface area contributed by atoms with E-state index in [1.165, 1.54) is 0 Å². The molecule has 4 nitrogen and oxygen atoms in total. The smallest absolute Gasteiger partial charge is 0.320 e. The largest absolute Gasteiger partial charge is 0.480 e. The first-order valence-corrected chi connectivity index (χ1v) is 7.21. The van der Waals surface area contributed by atoms with E-state index in [2.05, 4.69) is 17.2 Å². The van der Waals surface area contributed by atoms with E-state index in [0.29, 0.717) is 6.42 Å². The second-order valence-electron chi connectivity index (χ2n) is 5.30. The number of aliphatic hydroxyl groups is 1. The fourth-order valence-corrected chi connectivity index (χ4v) is 1.82. The molecule has 0 aliphatic rings. The first-order valence-electron chi connectivity index (χ1n) is 7.21. The predicted molar refractivity (Wildman–Crippen MR) is 82.9 cm³/mol. The lowest BCUT2D eigenvalue weighted by Crippen LogP contribution is -2.45. The van der Waals surface area contributed by atoms with Gasteiger partial charge in [0.2, 0.25) is 0 Å². The standard InChI is InChI=1S/C17H23NO3/c1-3-4-10-15(16(19)20)18-13-17(2,21)12-11-14-8-6-5-7-9-14/h5-9,15,18,21H,3-4,10,13H2,1-2H3,(H,19,20)/t15-,17-/m1/s1. The van der Waals surface area contributed by atoms with E-state index >= 15 is 0 Å². The Kier molecular flexibility index (Phi) is 6.93. The Bertz CT molecular complexity index is 500. The van der Waals surface area contributed by atoms with Crippen LogP contribution in [-0.2, 0) is 4.79 Å². The third kappa shape index (κ3) is 6.94. The molecule has 0 spiro atoms. The molecule has 3 N–H and O–H groups in total. The minimum Gasteiger partial charge on any atom is -0.480 e. The number of carbonyl (C=O) groups is 1. The van der Waals surface area contributed by atoms with Crippen LogP contribution < -0.4 is 5.32 Å². The molecule has 21 heavy (non-hydrogen) atoms. The highest BCUT2D eigenvalue weighted by molar-refractivity contribution is 5.73. The second-order valence-corrected chi connectivity index (χ2v) is 5.30. The Labute approximate surface area is 126 Å². The van der Waals surface area contributed by atoms with Gasteiger partial charge >= 0.3 is 5.97 Å². The molecular formula is C17H23NO3. The van der Waals surface area contributed by atoms with Gasteiger partial charge in [0.1, 0.15) is 11.6 Å². The van der Waals surface area contributed by atoms with Crippen LogP contribution in [0.3, 0.4) is 0 Å². The van der Waals surface area contributed by atoms with E-state index in [9.17, 15) is 9.90 Å². The topological polar surface area (TPSA) is 69.6 Å². The van der Waals surface area contributed by atoms with E-state index in [0.717, 1.165) is 18.4 Å². The third-order valence-corrected chi connectivity index (χ3v) is 3.09. The van der Waals surface area contributed by atoms with E-state index in [1.54, 1.807) is 6.92 Å². The molecule has 0 radical (unpaired) electrons. The lowest BCUT2D eigenvalue weighted by Gasteiger charge is -2.21. The van der Waals surface area contributed by atoms with Crippen molar-refractivity contribution < 1.29 is 15.0 Å². The minimum atomic E-state index is -1.27. The molecule has 0 saturated carbocycles. The van der Waals surface area contributed by atoms with Crippen LogP contribution in [0.1, 0.15) is 38.7 Å². The minimum absolute atomic E-state index is 0.119. The van der Waals surface area contributed by atoms with Crippen molar-refractivity contribution in [2.24, 2.45) is 0 Å². The number of aliphatic carboxylic acids is 1. The molecule has 0 saturated heterocycles. The highest BCUT2D eigenvalue weighted by Crippen LogP contribution is 2.05. The number of nitrogens with one attached hydrogen (secondary N) is 1. The van der Waals surface area contributed by atoms with Crippen molar-refractivity contribution in [1.82, 2.24) is 5.32 Å². The van der Waals surface area contributed by atoms with Gasteiger partial charge in [0.25, 0.3) is 0 Å². The fourth-order valence-electron chi connectivity index (χ4n) is 1.82. The van der Waals surface area contributed by atoms with Crippen molar-refractivity contribution in [2.45, 2.75) is 44.8 Å². The molecule has 0 aliphatic heterocycles. The number of carboxylic acids is 1. The Balaban J connectivity index is 2.59. The van der Waals surface area contributed by atoms with Gasteiger partial charge in [-0.1, -0.05) is 49.8 Å². The molecule has 0 fully saturated rings. The van der Waals surface area contributed by atoms with Gasteiger partial charge in [-0.2, -0.15) is 0 Å². The summed E-state index contributed by atoms with van der Waals surface area (Å²) in [7, 11) is 0. The van der Waals surface area contributed by atoms with E-state index in [-0.39, 0.29) is 6.54 Å². The summed E-state index contributed by atoms with van der Waals surface area (Å²) < 4.78 is 0. The molecule has 4 heteroatoms. The average Bonchev–Trinajstić information content (AvgIpc) is 2.46. The molecule has 0 amide bonds. The summed E-state index contributed by atoms with van der Waals surface area (Å²) in [6.45, 7) is 3.71. The first kappa shape index (κ1) is 17.2. The molecule has 0 bridgehead atoms. The molecule has 114 valence electrons. The van der Waals surface area contributed by atoms with Gasteiger partial charge in [-0.15, -0.1) is 0 Å². The molecule has 0 aliphatic carbocycles. The number of unbranched alkanes of at least 4 members (excludes halogenated alkanes) is 1. The van der Waals surface area contributed by atoms with Crippen LogP contribution >= 0.6 is 0 Å². The summed E-state index contributed by atoms with van der Waals surface area (Å²) in [5, 5.41) is 22.2. The molecule has 0 unspecified atom stereocenters. The van der Waals surface area contributed by atoms with Crippen molar-refractivity contribution in [3.05, 3.63) is 35.9 Å². The molecule has 0 aromatic heterocycles. The zero-order valence-electron chi connectivity index (χ0n) is 12.6. The first-order chi connectivity index (χ1) is 9.94. The average molecular weight is 289 g/mol. The van der Waals surface area contributed by atoms with Crippen molar-refractivity contribution >= 4 is 5.97 Å². The number of hydrogen-bond acceptors (Lipinski definition) is 3. The van der Waals surface area contributed by atoms with Crippen LogP contribution in [0.25, 0.3) is 0 Å². The maximum absolute atomic E-state index is 11.1. The van der Waals surface area contributed by atoms with Gasteiger partial charge < -0.3 is 15.5 Å². The van der Waals surface area contributed by atoms with Gasteiger partial charge in [-0.25, -0.2) is 0 Å². The summed E-state index contributed by atoms with van der Waals surface area (Å²) in [4.78, 5) is 11.1. The normalized spacial score (nSPS) is 14.6. The van der Waals surface area contributed by atoms with Crippen molar-refractivity contribution in [3.63, 3.8) is 0 Å². The summed E-state index contributed by atoms with van der Waals surface area (Å²) in [5.41, 5.74) is -0.450. The zero-order valence-corrected chi connectivity index (χ0v) is 12.6. The van der Waals surface area contributed by atoms with Gasteiger partial charge in [0, 0.05) is 12.1 Å². The molecule has 0 heterocycles. The van der Waals surface area contributed by atoms with Crippen LogP contribution in [0.2, 0.25) is 0 Å². The molecule has 1 rings (SSSR count).